The fourth-order valence-electron chi connectivity index (χ4n) is 1.10. The van der Waals surface area contributed by atoms with Gasteiger partial charge in [-0.2, -0.15) is 13.2 Å². The molecule has 0 aromatic carbocycles. The lowest BCUT2D eigenvalue weighted by Gasteiger charge is -2.23. The van der Waals surface area contributed by atoms with Crippen molar-refractivity contribution < 1.29 is 18.0 Å². The molecule has 16 heavy (non-hydrogen) atoms. The Morgan fingerprint density at radius 3 is 2.50 bits per heavy atom. The van der Waals surface area contributed by atoms with E-state index in [9.17, 15) is 18.0 Å². The maximum atomic E-state index is 11.8. The van der Waals surface area contributed by atoms with Crippen molar-refractivity contribution in [1.82, 2.24) is 10.2 Å². The van der Waals surface area contributed by atoms with E-state index in [0.717, 1.165) is 0 Å². The average molecular weight is 241 g/mol. The molecular formula is C9H18F3N3O. The number of hydrogen-bond donors (Lipinski definition) is 2. The van der Waals surface area contributed by atoms with E-state index >= 15 is 0 Å². The fraction of sp³-hybridized carbons (Fsp3) is 0.889. The van der Waals surface area contributed by atoms with Crippen molar-refractivity contribution in [3.8, 4) is 0 Å². The molecule has 0 rings (SSSR count). The molecule has 1 atom stereocenters. The van der Waals surface area contributed by atoms with Crippen LogP contribution in [0.4, 0.5) is 13.2 Å². The van der Waals surface area contributed by atoms with Crippen LogP contribution in [0.2, 0.25) is 0 Å². The van der Waals surface area contributed by atoms with Crippen LogP contribution in [-0.4, -0.2) is 49.7 Å². The molecule has 0 aromatic heterocycles. The van der Waals surface area contributed by atoms with Crippen molar-refractivity contribution in [3.63, 3.8) is 0 Å². The molecule has 0 radical (unpaired) electrons. The number of rotatable bonds is 6. The highest BCUT2D eigenvalue weighted by molar-refractivity contribution is 5.78. The minimum atomic E-state index is -4.36. The minimum Gasteiger partial charge on any atom is -0.346 e. The lowest BCUT2D eigenvalue weighted by atomic mass is 10.2. The molecule has 0 aliphatic rings. The Balaban J connectivity index is 3.87. The summed E-state index contributed by atoms with van der Waals surface area (Å²) in [5.41, 5.74) is 5.34. The van der Waals surface area contributed by atoms with Gasteiger partial charge < -0.3 is 11.1 Å². The molecule has 4 nitrogen and oxygen atoms in total. The second-order valence-corrected chi connectivity index (χ2v) is 3.73. The lowest BCUT2D eigenvalue weighted by Crippen LogP contribution is -2.42. The third kappa shape index (κ3) is 7.47. The van der Waals surface area contributed by atoms with Crippen LogP contribution in [0.25, 0.3) is 0 Å². The smallest absolute Gasteiger partial charge is 0.346 e. The van der Waals surface area contributed by atoms with Crippen molar-refractivity contribution in [1.29, 1.82) is 0 Å². The zero-order chi connectivity index (χ0) is 12.8. The van der Waals surface area contributed by atoms with E-state index in [0.29, 0.717) is 13.0 Å². The summed E-state index contributed by atoms with van der Waals surface area (Å²) in [7, 11) is 1.67. The van der Waals surface area contributed by atoms with Crippen molar-refractivity contribution >= 4 is 5.91 Å². The molecule has 3 N–H and O–H groups in total. The summed E-state index contributed by atoms with van der Waals surface area (Å²) in [4.78, 5) is 12.8. The van der Waals surface area contributed by atoms with Crippen LogP contribution >= 0.6 is 0 Å². The quantitative estimate of drug-likeness (QED) is 0.704. The van der Waals surface area contributed by atoms with E-state index in [1.165, 1.54) is 0 Å². The highest BCUT2D eigenvalue weighted by Gasteiger charge is 2.27. The maximum Gasteiger partial charge on any atom is 0.405 e. The van der Waals surface area contributed by atoms with Gasteiger partial charge in [0.25, 0.3) is 0 Å². The molecule has 0 fully saturated rings. The third-order valence-corrected chi connectivity index (χ3v) is 2.22. The van der Waals surface area contributed by atoms with Crippen molar-refractivity contribution in [3.05, 3.63) is 0 Å². The van der Waals surface area contributed by atoms with Gasteiger partial charge in [-0.05, 0) is 26.9 Å². The van der Waals surface area contributed by atoms with Gasteiger partial charge in [-0.15, -0.1) is 0 Å². The second kappa shape index (κ2) is 6.70. The number of nitrogens with one attached hydrogen (secondary N) is 1. The summed E-state index contributed by atoms with van der Waals surface area (Å²) in [6, 6.07) is 0.0710. The largest absolute Gasteiger partial charge is 0.405 e. The second-order valence-electron chi connectivity index (χ2n) is 3.73. The van der Waals surface area contributed by atoms with Crippen LogP contribution in [-0.2, 0) is 4.79 Å². The topological polar surface area (TPSA) is 58.4 Å². The summed E-state index contributed by atoms with van der Waals surface area (Å²) in [5.74, 6) is -0.635. The summed E-state index contributed by atoms with van der Waals surface area (Å²) < 4.78 is 35.4. The van der Waals surface area contributed by atoms with Gasteiger partial charge in [-0.3, -0.25) is 9.69 Å². The van der Waals surface area contributed by atoms with Crippen LogP contribution in [0, 0.1) is 0 Å². The lowest BCUT2D eigenvalue weighted by molar-refractivity contribution is -0.139. The van der Waals surface area contributed by atoms with Gasteiger partial charge in [-0.25, -0.2) is 0 Å². The first-order chi connectivity index (χ1) is 7.26. The van der Waals surface area contributed by atoms with Crippen molar-refractivity contribution in [2.24, 2.45) is 5.73 Å². The van der Waals surface area contributed by atoms with Crippen LogP contribution in [0.3, 0.4) is 0 Å². The van der Waals surface area contributed by atoms with Crippen LogP contribution in [0.5, 0.6) is 0 Å². The highest BCUT2D eigenvalue weighted by atomic mass is 19.4. The Morgan fingerprint density at radius 2 is 2.06 bits per heavy atom. The van der Waals surface area contributed by atoms with E-state index in [1.54, 1.807) is 11.9 Å². The van der Waals surface area contributed by atoms with Crippen LogP contribution in [0.15, 0.2) is 0 Å². The van der Waals surface area contributed by atoms with Crippen molar-refractivity contribution in [2.45, 2.75) is 25.6 Å². The third-order valence-electron chi connectivity index (χ3n) is 2.22. The van der Waals surface area contributed by atoms with Crippen LogP contribution in [0.1, 0.15) is 13.3 Å². The SMILES string of the molecule is CC(CCN)N(C)CC(=O)NCC(F)(F)F. The Morgan fingerprint density at radius 1 is 1.50 bits per heavy atom. The first kappa shape index (κ1) is 15.2. The molecule has 7 heteroatoms. The monoisotopic (exact) mass is 241 g/mol. The number of nitrogens with two attached hydrogens (primary N) is 1. The highest BCUT2D eigenvalue weighted by Crippen LogP contribution is 2.12. The molecule has 0 saturated heterocycles. The summed E-state index contributed by atoms with van der Waals surface area (Å²) in [6.45, 7) is 1.00. The fourth-order valence-corrected chi connectivity index (χ4v) is 1.10. The molecule has 0 aromatic rings. The molecule has 0 aliphatic heterocycles. The zero-order valence-electron chi connectivity index (χ0n) is 9.47. The van der Waals surface area contributed by atoms with E-state index in [1.807, 2.05) is 12.2 Å². The Labute approximate surface area is 93.0 Å². The summed E-state index contributed by atoms with van der Waals surface area (Å²) in [6.07, 6.45) is -3.67. The van der Waals surface area contributed by atoms with Crippen molar-refractivity contribution in [2.75, 3.05) is 26.7 Å². The molecule has 0 spiro atoms. The summed E-state index contributed by atoms with van der Waals surface area (Å²) >= 11 is 0. The molecule has 0 aliphatic carbocycles. The minimum absolute atomic E-state index is 0.0583. The number of hydrogen-bond acceptors (Lipinski definition) is 3. The average Bonchev–Trinajstić information content (AvgIpc) is 2.14. The number of carbonyl (C=O) groups is 1. The van der Waals surface area contributed by atoms with E-state index in [-0.39, 0.29) is 12.6 Å². The molecule has 0 heterocycles. The Bertz CT molecular complexity index is 221. The summed E-state index contributed by atoms with van der Waals surface area (Å²) in [5, 5.41) is 1.81. The normalized spacial score (nSPS) is 13.9. The number of carbonyl (C=O) groups excluding carboxylic acids is 1. The number of halogens is 3. The predicted octanol–water partition coefficient (Wildman–Crippen LogP) is 0.334. The predicted molar refractivity (Wildman–Crippen MR) is 54.8 cm³/mol. The first-order valence-electron chi connectivity index (χ1n) is 5.00. The molecule has 1 amide bonds. The Kier molecular flexibility index (Phi) is 6.35. The number of nitrogens with zero attached hydrogens (tertiary/aromatic N) is 1. The molecule has 0 saturated carbocycles. The Hall–Kier alpha value is -0.820. The zero-order valence-corrected chi connectivity index (χ0v) is 9.47. The van der Waals surface area contributed by atoms with Gasteiger partial charge in [0.05, 0.1) is 6.54 Å². The number of alkyl halides is 3. The van der Waals surface area contributed by atoms with Gasteiger partial charge >= 0.3 is 6.18 Å². The van der Waals surface area contributed by atoms with E-state index in [4.69, 9.17) is 5.73 Å². The van der Waals surface area contributed by atoms with Crippen LogP contribution < -0.4 is 11.1 Å². The van der Waals surface area contributed by atoms with Gasteiger partial charge in [0.15, 0.2) is 0 Å². The van der Waals surface area contributed by atoms with Gasteiger partial charge in [0, 0.05) is 6.04 Å². The number of amides is 1. The van der Waals surface area contributed by atoms with E-state index in [2.05, 4.69) is 0 Å². The molecule has 96 valence electrons. The van der Waals surface area contributed by atoms with Gasteiger partial charge in [0.1, 0.15) is 6.54 Å². The first-order valence-corrected chi connectivity index (χ1v) is 5.00. The maximum absolute atomic E-state index is 11.8. The molecule has 0 bridgehead atoms. The van der Waals surface area contributed by atoms with Gasteiger partial charge in [-0.1, -0.05) is 0 Å². The van der Waals surface area contributed by atoms with Gasteiger partial charge in [0.2, 0.25) is 5.91 Å². The standard InChI is InChI=1S/C9H18F3N3O/c1-7(3-4-13)15(2)5-8(16)14-6-9(10,11)12/h7H,3-6,13H2,1-2H3,(H,14,16). The number of likely N-dealkylation sites (N-methyl/N-ethyl adjacent to an activating group) is 1. The molecule has 1 unspecified atom stereocenters. The van der Waals surface area contributed by atoms with E-state index < -0.39 is 18.6 Å². The molecular weight excluding hydrogens is 223 g/mol.